The molecule has 0 spiro atoms. The molecule has 1 N–H and O–H groups in total. The van der Waals surface area contributed by atoms with E-state index in [-0.39, 0.29) is 18.0 Å². The summed E-state index contributed by atoms with van der Waals surface area (Å²) in [6.07, 6.45) is 0.861. The largest absolute Gasteiger partial charge is 0.497 e. The Balaban J connectivity index is 1.51. The Morgan fingerprint density at radius 1 is 0.931 bits per heavy atom. The molecular weight excluding hydrogens is 390 g/mol. The molecule has 0 radical (unpaired) electrons. The number of hydrogen-bond donors (Lipinski definition) is 1. The Kier molecular flexibility index (Phi) is 6.79. The van der Waals surface area contributed by atoms with Crippen molar-refractivity contribution in [3.63, 3.8) is 0 Å². The van der Waals surface area contributed by atoms with Crippen LogP contribution in [0, 0.1) is 0 Å². The fraction of sp³-hybridized carbons (Fsp3) is 0.238. The van der Waals surface area contributed by atoms with Crippen molar-refractivity contribution in [2.45, 2.75) is 18.2 Å². The lowest BCUT2D eigenvalue weighted by molar-refractivity contribution is 0.307. The van der Waals surface area contributed by atoms with Gasteiger partial charge in [0.15, 0.2) is 0 Å². The minimum absolute atomic E-state index is 0.125. The molecule has 0 amide bonds. The summed E-state index contributed by atoms with van der Waals surface area (Å²) in [7, 11) is -1.95. The molecule has 0 saturated heterocycles. The lowest BCUT2D eigenvalue weighted by Crippen LogP contribution is -2.28. The molecule has 0 atom stereocenters. The Bertz CT molecular complexity index is 1020. The summed E-state index contributed by atoms with van der Waals surface area (Å²) in [6, 6.07) is 17.8. The van der Waals surface area contributed by atoms with E-state index in [2.05, 4.69) is 14.9 Å². The second-order valence-corrected chi connectivity index (χ2v) is 8.00. The molecule has 0 aliphatic carbocycles. The van der Waals surface area contributed by atoms with Crippen LogP contribution in [0.3, 0.4) is 0 Å². The van der Waals surface area contributed by atoms with Crippen LogP contribution in [0.15, 0.2) is 65.6 Å². The van der Waals surface area contributed by atoms with Gasteiger partial charge in [0.05, 0.1) is 17.7 Å². The maximum Gasteiger partial charge on any atom is 0.240 e. The molecule has 29 heavy (non-hydrogen) atoms. The molecule has 2 aromatic carbocycles. The number of nitrogens with zero attached hydrogens (tertiary/aromatic N) is 2. The molecule has 3 rings (SSSR count). The average Bonchev–Trinajstić information content (AvgIpc) is 2.77. The first-order valence-electron chi connectivity index (χ1n) is 9.21. The van der Waals surface area contributed by atoms with Gasteiger partial charge >= 0.3 is 0 Å². The third kappa shape index (κ3) is 5.52. The van der Waals surface area contributed by atoms with Crippen LogP contribution in [0.1, 0.15) is 12.5 Å². The van der Waals surface area contributed by atoms with Crippen molar-refractivity contribution in [1.29, 1.82) is 0 Å². The number of ether oxygens (including phenoxy) is 2. The van der Waals surface area contributed by atoms with Crippen molar-refractivity contribution >= 4 is 10.0 Å². The van der Waals surface area contributed by atoms with Gasteiger partial charge in [-0.2, -0.15) is 0 Å². The number of aromatic nitrogens is 2. The summed E-state index contributed by atoms with van der Waals surface area (Å²) in [6.45, 7) is 2.29. The van der Waals surface area contributed by atoms with Crippen molar-refractivity contribution in [3.05, 3.63) is 66.2 Å². The highest BCUT2D eigenvalue weighted by Gasteiger charge is 2.13. The van der Waals surface area contributed by atoms with Crippen molar-refractivity contribution < 1.29 is 17.9 Å². The number of nitrogens with one attached hydrogen (secondary N) is 1. The molecule has 0 bridgehead atoms. The molecule has 0 saturated carbocycles. The van der Waals surface area contributed by atoms with Crippen LogP contribution in [-0.4, -0.2) is 38.9 Å². The van der Waals surface area contributed by atoms with E-state index >= 15 is 0 Å². The van der Waals surface area contributed by atoms with Crippen LogP contribution in [0.2, 0.25) is 0 Å². The standard InChI is InChI=1S/C21H23N3O4S/c1-3-16-4-10-19(11-5-16)29(25,26)22-14-15-28-21-13-12-20(23-24-21)17-6-8-18(27-2)9-7-17/h4-13,22H,3,14-15H2,1-2H3. The first-order chi connectivity index (χ1) is 14.0. The highest BCUT2D eigenvalue weighted by Crippen LogP contribution is 2.21. The number of aryl methyl sites for hydroxylation is 1. The Labute approximate surface area is 170 Å². The molecule has 0 aliphatic heterocycles. The molecule has 152 valence electrons. The predicted molar refractivity (Wildman–Crippen MR) is 111 cm³/mol. The predicted octanol–water partition coefficient (Wildman–Crippen LogP) is 3.07. The quantitative estimate of drug-likeness (QED) is 0.542. The maximum atomic E-state index is 12.3. The van der Waals surface area contributed by atoms with E-state index in [1.54, 1.807) is 31.4 Å². The lowest BCUT2D eigenvalue weighted by Gasteiger charge is -2.09. The minimum atomic E-state index is -3.56. The monoisotopic (exact) mass is 413 g/mol. The molecule has 0 fully saturated rings. The highest BCUT2D eigenvalue weighted by atomic mass is 32.2. The van der Waals surface area contributed by atoms with Gasteiger partial charge in [-0.25, -0.2) is 13.1 Å². The van der Waals surface area contributed by atoms with Gasteiger partial charge in [0.25, 0.3) is 0 Å². The molecule has 3 aromatic rings. The number of benzene rings is 2. The van der Waals surface area contributed by atoms with E-state index in [0.29, 0.717) is 11.6 Å². The van der Waals surface area contributed by atoms with E-state index in [1.807, 2.05) is 43.3 Å². The van der Waals surface area contributed by atoms with Gasteiger partial charge in [0.1, 0.15) is 12.4 Å². The van der Waals surface area contributed by atoms with Crippen LogP contribution < -0.4 is 14.2 Å². The average molecular weight is 413 g/mol. The van der Waals surface area contributed by atoms with Gasteiger partial charge in [-0.05, 0) is 54.4 Å². The van der Waals surface area contributed by atoms with Crippen LogP contribution in [-0.2, 0) is 16.4 Å². The summed E-state index contributed by atoms with van der Waals surface area (Å²) < 4.78 is 37.7. The normalized spacial score (nSPS) is 11.2. The first kappa shape index (κ1) is 20.8. The zero-order chi connectivity index (χ0) is 20.7. The van der Waals surface area contributed by atoms with Crippen LogP contribution in [0.4, 0.5) is 0 Å². The van der Waals surface area contributed by atoms with Crippen molar-refractivity contribution in [1.82, 2.24) is 14.9 Å². The van der Waals surface area contributed by atoms with Crippen LogP contribution in [0.25, 0.3) is 11.3 Å². The Hall–Kier alpha value is -2.97. The van der Waals surface area contributed by atoms with Crippen LogP contribution in [0.5, 0.6) is 11.6 Å². The van der Waals surface area contributed by atoms with Crippen molar-refractivity contribution in [2.75, 3.05) is 20.3 Å². The molecule has 8 heteroatoms. The number of methoxy groups -OCH3 is 1. The molecule has 1 aromatic heterocycles. The smallest absolute Gasteiger partial charge is 0.240 e. The molecule has 0 unspecified atom stereocenters. The number of sulfonamides is 1. The summed E-state index contributed by atoms with van der Waals surface area (Å²) in [4.78, 5) is 0.235. The Morgan fingerprint density at radius 2 is 1.66 bits per heavy atom. The Morgan fingerprint density at radius 3 is 2.24 bits per heavy atom. The summed E-state index contributed by atoms with van der Waals surface area (Å²) in [5.41, 5.74) is 2.70. The second-order valence-electron chi connectivity index (χ2n) is 6.23. The van der Waals surface area contributed by atoms with Gasteiger partial charge in [-0.3, -0.25) is 0 Å². The zero-order valence-corrected chi connectivity index (χ0v) is 17.1. The van der Waals surface area contributed by atoms with Gasteiger partial charge < -0.3 is 9.47 Å². The molecule has 1 heterocycles. The lowest BCUT2D eigenvalue weighted by atomic mass is 10.1. The fourth-order valence-corrected chi connectivity index (χ4v) is 3.65. The molecule has 7 nitrogen and oxygen atoms in total. The topological polar surface area (TPSA) is 90.4 Å². The van der Waals surface area contributed by atoms with Crippen molar-refractivity contribution in [3.8, 4) is 22.9 Å². The third-order valence-electron chi connectivity index (χ3n) is 4.31. The summed E-state index contributed by atoms with van der Waals surface area (Å²) in [5, 5.41) is 8.17. The highest BCUT2D eigenvalue weighted by molar-refractivity contribution is 7.89. The van der Waals surface area contributed by atoms with Gasteiger partial charge in [0, 0.05) is 18.2 Å². The van der Waals surface area contributed by atoms with Gasteiger partial charge in [0.2, 0.25) is 15.9 Å². The number of rotatable bonds is 9. The van der Waals surface area contributed by atoms with E-state index in [9.17, 15) is 8.42 Å². The number of hydrogen-bond acceptors (Lipinski definition) is 6. The van der Waals surface area contributed by atoms with Gasteiger partial charge in [-0.1, -0.05) is 19.1 Å². The van der Waals surface area contributed by atoms with E-state index in [0.717, 1.165) is 23.3 Å². The van der Waals surface area contributed by atoms with E-state index in [4.69, 9.17) is 9.47 Å². The first-order valence-corrected chi connectivity index (χ1v) is 10.7. The van der Waals surface area contributed by atoms with E-state index < -0.39 is 10.0 Å². The fourth-order valence-electron chi connectivity index (χ4n) is 2.63. The second kappa shape index (κ2) is 9.49. The molecule has 0 aliphatic rings. The summed E-state index contributed by atoms with van der Waals surface area (Å²) in [5.74, 6) is 1.10. The third-order valence-corrected chi connectivity index (χ3v) is 5.79. The van der Waals surface area contributed by atoms with Crippen LogP contribution >= 0.6 is 0 Å². The minimum Gasteiger partial charge on any atom is -0.497 e. The zero-order valence-electron chi connectivity index (χ0n) is 16.3. The molecular formula is C21H23N3O4S. The maximum absolute atomic E-state index is 12.3. The summed E-state index contributed by atoms with van der Waals surface area (Å²) >= 11 is 0. The van der Waals surface area contributed by atoms with Gasteiger partial charge in [-0.15, -0.1) is 10.2 Å². The van der Waals surface area contributed by atoms with E-state index in [1.165, 1.54) is 0 Å². The SMILES string of the molecule is CCc1ccc(S(=O)(=O)NCCOc2ccc(-c3ccc(OC)cc3)nn2)cc1. The van der Waals surface area contributed by atoms with Crippen molar-refractivity contribution in [2.24, 2.45) is 0 Å².